The van der Waals surface area contributed by atoms with Gasteiger partial charge in [0.05, 0.1) is 4.90 Å². The standard InChI is InChI=1S/C21H27N3O4S/c1-2-19(25)23-20-17-12-24(13-18(17)20)29(27,28)16-10-8-14(9-11-16)21(26)22-15-6-4-3-5-7-15/h2,8-11,15,17-18,20H,1,3-7,12-13H2,(H,22,26)(H,23,25). The van der Waals surface area contributed by atoms with Crippen molar-refractivity contribution in [3.05, 3.63) is 42.5 Å². The normalized spacial score (nSPS) is 27.1. The van der Waals surface area contributed by atoms with Crippen molar-refractivity contribution >= 4 is 21.8 Å². The van der Waals surface area contributed by atoms with Gasteiger partial charge in [0, 0.05) is 30.7 Å². The van der Waals surface area contributed by atoms with Crippen LogP contribution in [-0.4, -0.2) is 49.7 Å². The van der Waals surface area contributed by atoms with Crippen molar-refractivity contribution in [1.29, 1.82) is 0 Å². The molecule has 1 saturated heterocycles. The molecule has 0 aromatic heterocycles. The summed E-state index contributed by atoms with van der Waals surface area (Å²) in [5.41, 5.74) is 0.478. The molecule has 1 heterocycles. The van der Waals surface area contributed by atoms with Gasteiger partial charge >= 0.3 is 0 Å². The van der Waals surface area contributed by atoms with Crippen LogP contribution in [0.4, 0.5) is 0 Å². The summed E-state index contributed by atoms with van der Waals surface area (Å²) in [7, 11) is -3.60. The lowest BCUT2D eigenvalue weighted by atomic mass is 9.95. The summed E-state index contributed by atoms with van der Waals surface area (Å²) in [6, 6.07) is 6.42. The fraction of sp³-hybridized carbons (Fsp3) is 0.524. The van der Waals surface area contributed by atoms with Gasteiger partial charge in [-0.2, -0.15) is 4.31 Å². The highest BCUT2D eigenvalue weighted by Crippen LogP contribution is 2.47. The van der Waals surface area contributed by atoms with Gasteiger partial charge in [-0.3, -0.25) is 9.59 Å². The molecule has 0 bridgehead atoms. The Morgan fingerprint density at radius 1 is 1.00 bits per heavy atom. The van der Waals surface area contributed by atoms with Crippen LogP contribution in [0.5, 0.6) is 0 Å². The van der Waals surface area contributed by atoms with E-state index in [1.807, 2.05) is 0 Å². The first-order chi connectivity index (χ1) is 13.9. The number of nitrogens with one attached hydrogen (secondary N) is 2. The van der Waals surface area contributed by atoms with Crippen LogP contribution in [0.2, 0.25) is 0 Å². The lowest BCUT2D eigenvalue weighted by Crippen LogP contribution is -2.37. The van der Waals surface area contributed by atoms with E-state index in [1.54, 1.807) is 12.1 Å². The predicted molar refractivity (Wildman–Crippen MR) is 109 cm³/mol. The van der Waals surface area contributed by atoms with Crippen LogP contribution in [-0.2, 0) is 14.8 Å². The van der Waals surface area contributed by atoms with Crippen LogP contribution in [0.1, 0.15) is 42.5 Å². The van der Waals surface area contributed by atoms with E-state index in [9.17, 15) is 18.0 Å². The lowest BCUT2D eigenvalue weighted by Gasteiger charge is -2.23. The van der Waals surface area contributed by atoms with Gasteiger partial charge in [-0.05, 0) is 55.0 Å². The summed E-state index contributed by atoms with van der Waals surface area (Å²) in [5.74, 6) is -0.0478. The summed E-state index contributed by atoms with van der Waals surface area (Å²) < 4.78 is 27.3. The van der Waals surface area contributed by atoms with Crippen LogP contribution in [0, 0.1) is 11.8 Å². The van der Waals surface area contributed by atoms with Crippen LogP contribution in [0.3, 0.4) is 0 Å². The second kappa shape index (κ2) is 7.91. The van der Waals surface area contributed by atoms with Crippen molar-refractivity contribution in [2.75, 3.05) is 13.1 Å². The highest BCUT2D eigenvalue weighted by Gasteiger charge is 2.58. The Kier molecular flexibility index (Phi) is 5.48. The zero-order chi connectivity index (χ0) is 20.6. The van der Waals surface area contributed by atoms with E-state index in [4.69, 9.17) is 0 Å². The molecule has 8 heteroatoms. The molecule has 2 N–H and O–H groups in total. The quantitative estimate of drug-likeness (QED) is 0.689. The predicted octanol–water partition coefficient (Wildman–Crippen LogP) is 1.67. The largest absolute Gasteiger partial charge is 0.349 e. The Morgan fingerprint density at radius 2 is 1.62 bits per heavy atom. The van der Waals surface area contributed by atoms with E-state index in [-0.39, 0.29) is 40.6 Å². The van der Waals surface area contributed by atoms with E-state index < -0.39 is 10.0 Å². The van der Waals surface area contributed by atoms with E-state index in [0.717, 1.165) is 25.7 Å². The minimum atomic E-state index is -3.60. The van der Waals surface area contributed by atoms with Crippen LogP contribution in [0.25, 0.3) is 0 Å². The van der Waals surface area contributed by atoms with Crippen molar-refractivity contribution in [1.82, 2.24) is 14.9 Å². The zero-order valence-electron chi connectivity index (χ0n) is 16.3. The van der Waals surface area contributed by atoms with Gasteiger partial charge in [0.1, 0.15) is 0 Å². The third-order valence-electron chi connectivity index (χ3n) is 6.35. The average Bonchev–Trinajstić information content (AvgIpc) is 3.15. The van der Waals surface area contributed by atoms with Crippen molar-refractivity contribution in [2.45, 2.75) is 49.1 Å². The van der Waals surface area contributed by atoms with Crippen molar-refractivity contribution < 1.29 is 18.0 Å². The highest BCUT2D eigenvalue weighted by atomic mass is 32.2. The number of fused-ring (bicyclic) bond motifs is 1. The zero-order valence-corrected chi connectivity index (χ0v) is 17.2. The number of piperidine rings is 1. The summed E-state index contributed by atoms with van der Waals surface area (Å²) in [6.07, 6.45) is 6.73. The third-order valence-corrected chi connectivity index (χ3v) is 8.20. The van der Waals surface area contributed by atoms with E-state index in [1.165, 1.54) is 28.9 Å². The fourth-order valence-corrected chi connectivity index (χ4v) is 6.08. The molecular formula is C21H27N3O4S. The molecule has 1 aliphatic heterocycles. The molecule has 2 aliphatic carbocycles. The van der Waals surface area contributed by atoms with E-state index in [2.05, 4.69) is 17.2 Å². The molecule has 2 atom stereocenters. The number of sulfonamides is 1. The number of hydrogen-bond acceptors (Lipinski definition) is 4. The van der Waals surface area contributed by atoms with Gasteiger partial charge in [0.15, 0.2) is 0 Å². The maximum Gasteiger partial charge on any atom is 0.251 e. The first-order valence-electron chi connectivity index (χ1n) is 10.2. The lowest BCUT2D eigenvalue weighted by molar-refractivity contribution is -0.116. The molecule has 0 radical (unpaired) electrons. The van der Waals surface area contributed by atoms with Gasteiger partial charge in [-0.1, -0.05) is 25.8 Å². The molecule has 7 nitrogen and oxygen atoms in total. The Bertz CT molecular complexity index is 894. The molecule has 1 aromatic rings. The molecular weight excluding hydrogens is 390 g/mol. The topological polar surface area (TPSA) is 95.6 Å². The summed E-state index contributed by atoms with van der Waals surface area (Å²) >= 11 is 0. The van der Waals surface area contributed by atoms with Crippen molar-refractivity contribution in [3.8, 4) is 0 Å². The third kappa shape index (κ3) is 4.09. The molecule has 4 rings (SSSR count). The maximum absolute atomic E-state index is 12.9. The molecule has 3 fully saturated rings. The maximum atomic E-state index is 12.9. The van der Waals surface area contributed by atoms with Crippen LogP contribution >= 0.6 is 0 Å². The van der Waals surface area contributed by atoms with Gasteiger partial charge < -0.3 is 10.6 Å². The molecule has 1 aromatic carbocycles. The monoisotopic (exact) mass is 417 g/mol. The van der Waals surface area contributed by atoms with Crippen LogP contribution in [0.15, 0.2) is 41.8 Å². The van der Waals surface area contributed by atoms with Gasteiger partial charge in [-0.15, -0.1) is 0 Å². The second-order valence-corrected chi connectivity index (χ2v) is 10.2. The Balaban J connectivity index is 1.36. The molecule has 2 amide bonds. The number of carbonyl (C=O) groups is 2. The van der Waals surface area contributed by atoms with Crippen molar-refractivity contribution in [2.24, 2.45) is 11.8 Å². The average molecular weight is 418 g/mol. The minimum Gasteiger partial charge on any atom is -0.349 e. The number of rotatable bonds is 6. The van der Waals surface area contributed by atoms with Gasteiger partial charge in [0.25, 0.3) is 5.91 Å². The Morgan fingerprint density at radius 3 is 2.21 bits per heavy atom. The fourth-order valence-electron chi connectivity index (χ4n) is 4.56. The van der Waals surface area contributed by atoms with Gasteiger partial charge in [-0.25, -0.2) is 8.42 Å². The van der Waals surface area contributed by atoms with E-state index >= 15 is 0 Å². The Labute approximate surface area is 171 Å². The summed E-state index contributed by atoms with van der Waals surface area (Å²) in [5, 5.41) is 5.89. The molecule has 156 valence electrons. The highest BCUT2D eigenvalue weighted by molar-refractivity contribution is 7.89. The summed E-state index contributed by atoms with van der Waals surface area (Å²) in [6.45, 7) is 4.24. The Hall–Kier alpha value is -2.19. The molecule has 2 saturated carbocycles. The number of amides is 2. The molecule has 2 unspecified atom stereocenters. The SMILES string of the molecule is C=CC(=O)NC1C2CN(S(=O)(=O)c3ccc(C(=O)NC4CCCCC4)cc3)CC21. The number of hydrogen-bond donors (Lipinski definition) is 2. The molecule has 29 heavy (non-hydrogen) atoms. The minimum absolute atomic E-state index is 0.0396. The number of benzene rings is 1. The second-order valence-electron chi connectivity index (χ2n) is 8.22. The molecule has 0 spiro atoms. The van der Waals surface area contributed by atoms with Crippen molar-refractivity contribution in [3.63, 3.8) is 0 Å². The first kappa shape index (κ1) is 20.1. The van der Waals surface area contributed by atoms with E-state index in [0.29, 0.717) is 18.7 Å². The van der Waals surface area contributed by atoms with Gasteiger partial charge in [0.2, 0.25) is 15.9 Å². The number of carbonyl (C=O) groups excluding carboxylic acids is 2. The smallest absolute Gasteiger partial charge is 0.251 e. The first-order valence-corrected chi connectivity index (χ1v) is 11.7. The number of nitrogens with zero attached hydrogens (tertiary/aromatic N) is 1. The summed E-state index contributed by atoms with van der Waals surface area (Å²) in [4.78, 5) is 24.0. The van der Waals surface area contributed by atoms with Crippen LogP contribution < -0.4 is 10.6 Å². The molecule has 3 aliphatic rings.